The number of fused-ring (bicyclic) bond motifs is 2. The molecule has 1 N–H and O–H groups in total. The average molecular weight is 409 g/mol. The number of rotatable bonds is 3. The van der Waals surface area contributed by atoms with E-state index in [1.807, 2.05) is 6.92 Å². The fraction of sp³-hybridized carbons (Fsp3) is 0.0476. The van der Waals surface area contributed by atoms with Crippen LogP contribution >= 0.6 is 11.6 Å². The maximum Gasteiger partial charge on any atom is 0.270 e. The Morgan fingerprint density at radius 2 is 1.83 bits per heavy atom. The van der Waals surface area contributed by atoms with Crippen LogP contribution in [0.1, 0.15) is 15.9 Å². The van der Waals surface area contributed by atoms with E-state index in [2.05, 4.69) is 5.32 Å². The zero-order valence-corrected chi connectivity index (χ0v) is 15.8. The molecule has 1 heterocycles. The van der Waals surface area contributed by atoms with Crippen molar-refractivity contribution in [3.63, 3.8) is 0 Å². The van der Waals surface area contributed by atoms with Crippen LogP contribution in [0.25, 0.3) is 21.9 Å². The zero-order valence-electron chi connectivity index (χ0n) is 15.1. The third kappa shape index (κ3) is 3.43. The van der Waals surface area contributed by atoms with Gasteiger partial charge in [-0.3, -0.25) is 19.7 Å². The third-order valence-corrected chi connectivity index (χ3v) is 4.94. The Morgan fingerprint density at radius 1 is 1.07 bits per heavy atom. The molecule has 4 rings (SSSR count). The van der Waals surface area contributed by atoms with E-state index < -0.39 is 10.8 Å². The van der Waals surface area contributed by atoms with E-state index in [1.54, 1.807) is 24.3 Å². The fourth-order valence-electron chi connectivity index (χ4n) is 3.02. The molecule has 0 radical (unpaired) electrons. The van der Waals surface area contributed by atoms with Crippen molar-refractivity contribution in [3.05, 3.63) is 91.1 Å². The summed E-state index contributed by atoms with van der Waals surface area (Å²) in [7, 11) is 0. The zero-order chi connectivity index (χ0) is 20.7. The van der Waals surface area contributed by atoms with Gasteiger partial charge in [-0.2, -0.15) is 0 Å². The van der Waals surface area contributed by atoms with E-state index in [4.69, 9.17) is 16.0 Å². The van der Waals surface area contributed by atoms with Crippen molar-refractivity contribution >= 4 is 50.8 Å². The number of anilines is 1. The van der Waals surface area contributed by atoms with Crippen LogP contribution in [-0.4, -0.2) is 10.8 Å². The van der Waals surface area contributed by atoms with Crippen LogP contribution in [0.15, 0.2) is 63.8 Å². The van der Waals surface area contributed by atoms with E-state index in [0.29, 0.717) is 32.6 Å². The minimum atomic E-state index is -0.569. The number of nitro benzene ring substituents is 1. The molecule has 0 fully saturated rings. The van der Waals surface area contributed by atoms with Crippen LogP contribution in [0.2, 0.25) is 5.02 Å². The maximum atomic E-state index is 12.7. The lowest BCUT2D eigenvalue weighted by Crippen LogP contribution is -2.12. The summed E-state index contributed by atoms with van der Waals surface area (Å²) in [5, 5.41) is 14.8. The molecule has 0 aliphatic carbocycles. The third-order valence-electron chi connectivity index (χ3n) is 4.53. The number of hydrogen-bond donors (Lipinski definition) is 1. The number of carbonyl (C=O) groups excluding carboxylic acids is 1. The van der Waals surface area contributed by atoms with Crippen molar-refractivity contribution in [2.45, 2.75) is 6.92 Å². The molecule has 0 saturated carbocycles. The lowest BCUT2D eigenvalue weighted by atomic mass is 10.1. The number of nitrogens with zero attached hydrogens (tertiary/aromatic N) is 1. The van der Waals surface area contributed by atoms with Gasteiger partial charge in [-0.05, 0) is 42.8 Å². The summed E-state index contributed by atoms with van der Waals surface area (Å²) in [5.74, 6) is -0.515. The lowest BCUT2D eigenvalue weighted by molar-refractivity contribution is -0.384. The number of hydrogen-bond acceptors (Lipinski definition) is 5. The summed E-state index contributed by atoms with van der Waals surface area (Å²) in [6.45, 7) is 1.81. The highest BCUT2D eigenvalue weighted by Crippen LogP contribution is 2.26. The first-order chi connectivity index (χ1) is 13.8. The van der Waals surface area contributed by atoms with Crippen LogP contribution in [-0.2, 0) is 0 Å². The Hall–Kier alpha value is -3.71. The molecule has 0 saturated heterocycles. The van der Waals surface area contributed by atoms with E-state index in [0.717, 1.165) is 5.56 Å². The maximum absolute atomic E-state index is 12.7. The van der Waals surface area contributed by atoms with Gasteiger partial charge < -0.3 is 9.73 Å². The van der Waals surface area contributed by atoms with Crippen LogP contribution in [0.4, 0.5) is 11.4 Å². The molecule has 1 aromatic heterocycles. The number of aryl methyl sites for hydroxylation is 1. The molecule has 144 valence electrons. The fourth-order valence-corrected chi connectivity index (χ4v) is 3.18. The summed E-state index contributed by atoms with van der Waals surface area (Å²) >= 11 is 6.11. The van der Waals surface area contributed by atoms with Gasteiger partial charge in [-0.25, -0.2) is 0 Å². The number of halogens is 1. The highest BCUT2D eigenvalue weighted by molar-refractivity contribution is 6.32. The second-order valence-corrected chi connectivity index (χ2v) is 6.91. The summed E-state index contributed by atoms with van der Waals surface area (Å²) in [5.41, 5.74) is 1.61. The largest absolute Gasteiger partial charge is 0.456 e. The van der Waals surface area contributed by atoms with Crippen molar-refractivity contribution < 1.29 is 14.1 Å². The Balaban J connectivity index is 1.74. The first kappa shape index (κ1) is 18.6. The lowest BCUT2D eigenvalue weighted by Gasteiger charge is -2.08. The van der Waals surface area contributed by atoms with Crippen molar-refractivity contribution in [2.75, 3.05) is 5.32 Å². The average Bonchev–Trinajstić information content (AvgIpc) is 2.70. The Labute approximate surface area is 168 Å². The van der Waals surface area contributed by atoms with Gasteiger partial charge in [0.25, 0.3) is 11.6 Å². The number of amides is 1. The Morgan fingerprint density at radius 3 is 2.59 bits per heavy atom. The smallest absolute Gasteiger partial charge is 0.270 e. The molecular weight excluding hydrogens is 396 g/mol. The van der Waals surface area contributed by atoms with E-state index in [1.165, 1.54) is 30.3 Å². The SMILES string of the molecule is Cc1cc2oc3cc(NC(=O)c4cccc([N+](=O)[O-])c4)ccc3c(=O)c2cc1Cl. The summed E-state index contributed by atoms with van der Waals surface area (Å²) < 4.78 is 5.84. The van der Waals surface area contributed by atoms with Gasteiger partial charge in [-0.1, -0.05) is 17.7 Å². The molecule has 7 nitrogen and oxygen atoms in total. The molecule has 3 aromatic carbocycles. The van der Waals surface area contributed by atoms with E-state index >= 15 is 0 Å². The molecule has 8 heteroatoms. The Kier molecular flexibility index (Phi) is 4.52. The minimum Gasteiger partial charge on any atom is -0.456 e. The number of carbonyl (C=O) groups is 1. The van der Waals surface area contributed by atoms with Gasteiger partial charge in [0.15, 0.2) is 0 Å². The van der Waals surface area contributed by atoms with Gasteiger partial charge in [-0.15, -0.1) is 0 Å². The predicted octanol–water partition coefficient (Wildman–Crippen LogP) is 5.07. The van der Waals surface area contributed by atoms with Gasteiger partial charge in [0.2, 0.25) is 5.43 Å². The van der Waals surface area contributed by atoms with Crippen molar-refractivity contribution in [2.24, 2.45) is 0 Å². The second-order valence-electron chi connectivity index (χ2n) is 6.50. The topological polar surface area (TPSA) is 102 Å². The van der Waals surface area contributed by atoms with E-state index in [9.17, 15) is 19.7 Å². The van der Waals surface area contributed by atoms with Crippen molar-refractivity contribution in [3.8, 4) is 0 Å². The van der Waals surface area contributed by atoms with Crippen molar-refractivity contribution in [1.29, 1.82) is 0 Å². The first-order valence-electron chi connectivity index (χ1n) is 8.56. The molecule has 0 spiro atoms. The first-order valence-corrected chi connectivity index (χ1v) is 8.94. The molecule has 29 heavy (non-hydrogen) atoms. The summed E-state index contributed by atoms with van der Waals surface area (Å²) in [4.78, 5) is 35.5. The number of benzene rings is 3. The van der Waals surface area contributed by atoms with Gasteiger partial charge in [0.1, 0.15) is 11.2 Å². The molecule has 0 unspecified atom stereocenters. The minimum absolute atomic E-state index is 0.143. The molecule has 4 aromatic rings. The molecule has 0 aliphatic heterocycles. The highest BCUT2D eigenvalue weighted by atomic mass is 35.5. The summed E-state index contributed by atoms with van der Waals surface area (Å²) in [6, 6.07) is 13.3. The predicted molar refractivity (Wildman–Crippen MR) is 111 cm³/mol. The Bertz CT molecular complexity index is 1380. The summed E-state index contributed by atoms with van der Waals surface area (Å²) in [6.07, 6.45) is 0. The van der Waals surface area contributed by atoms with Gasteiger partial charge in [0.05, 0.1) is 15.7 Å². The van der Waals surface area contributed by atoms with Gasteiger partial charge in [0, 0.05) is 34.5 Å². The van der Waals surface area contributed by atoms with E-state index in [-0.39, 0.29) is 16.7 Å². The molecule has 0 atom stereocenters. The monoisotopic (exact) mass is 408 g/mol. The van der Waals surface area contributed by atoms with Crippen LogP contribution in [0.5, 0.6) is 0 Å². The molecular formula is C21H13ClN2O5. The number of nitro groups is 1. The second kappa shape index (κ2) is 7.03. The van der Waals surface area contributed by atoms with Crippen LogP contribution in [0.3, 0.4) is 0 Å². The molecule has 0 bridgehead atoms. The highest BCUT2D eigenvalue weighted by Gasteiger charge is 2.14. The normalized spacial score (nSPS) is 11.0. The van der Waals surface area contributed by atoms with Gasteiger partial charge >= 0.3 is 0 Å². The van der Waals surface area contributed by atoms with Crippen molar-refractivity contribution in [1.82, 2.24) is 0 Å². The number of non-ortho nitro benzene ring substituents is 1. The van der Waals surface area contributed by atoms with Crippen LogP contribution in [0, 0.1) is 17.0 Å². The number of nitrogens with one attached hydrogen (secondary N) is 1. The molecule has 0 aliphatic rings. The standard InChI is InChI=1S/C21H13ClN2O5/c1-11-7-18-16(10-17(11)22)20(25)15-6-5-13(9-19(15)29-18)23-21(26)12-3-2-4-14(8-12)24(27)28/h2-10H,1H3,(H,23,26). The quantitative estimate of drug-likeness (QED) is 0.289. The van der Waals surface area contributed by atoms with Crippen LogP contribution < -0.4 is 10.7 Å². The molecule has 1 amide bonds.